The lowest BCUT2D eigenvalue weighted by Gasteiger charge is -2.15. The van der Waals surface area contributed by atoms with Crippen molar-refractivity contribution in [2.24, 2.45) is 5.73 Å². The van der Waals surface area contributed by atoms with Gasteiger partial charge in [0, 0.05) is 5.69 Å². The van der Waals surface area contributed by atoms with Crippen LogP contribution in [-0.4, -0.2) is 9.38 Å². The van der Waals surface area contributed by atoms with Gasteiger partial charge in [0.05, 0.1) is 17.9 Å². The van der Waals surface area contributed by atoms with Gasteiger partial charge in [-0.1, -0.05) is 24.3 Å². The number of hydrogen-bond acceptors (Lipinski definition) is 2. The summed E-state index contributed by atoms with van der Waals surface area (Å²) in [7, 11) is 0. The molecule has 20 heavy (non-hydrogen) atoms. The predicted molar refractivity (Wildman–Crippen MR) is 81.9 cm³/mol. The maximum Gasteiger partial charge on any atom is 0.137 e. The number of rotatable bonds is 2. The van der Waals surface area contributed by atoms with Crippen LogP contribution in [0.3, 0.4) is 0 Å². The van der Waals surface area contributed by atoms with Gasteiger partial charge in [-0.2, -0.15) is 0 Å². The van der Waals surface area contributed by atoms with E-state index >= 15 is 0 Å². The molecule has 0 aliphatic rings. The average Bonchev–Trinajstić information content (AvgIpc) is 2.86. The van der Waals surface area contributed by atoms with Crippen molar-refractivity contribution in [1.29, 1.82) is 0 Å². The van der Waals surface area contributed by atoms with Crippen molar-refractivity contribution in [2.45, 2.75) is 26.8 Å². The molecule has 2 aromatic heterocycles. The summed E-state index contributed by atoms with van der Waals surface area (Å²) >= 11 is 0. The second kappa shape index (κ2) is 4.76. The average molecular weight is 265 g/mol. The van der Waals surface area contributed by atoms with Gasteiger partial charge in [-0.3, -0.25) is 4.40 Å². The zero-order chi connectivity index (χ0) is 14.3. The molecule has 0 aliphatic carbocycles. The highest BCUT2D eigenvalue weighted by atomic mass is 15.0. The van der Waals surface area contributed by atoms with Crippen LogP contribution in [0.15, 0.2) is 42.6 Å². The minimum atomic E-state index is -0.162. The Morgan fingerprint density at radius 2 is 1.85 bits per heavy atom. The van der Waals surface area contributed by atoms with Gasteiger partial charge in [-0.05, 0) is 49.6 Å². The third-order valence-electron chi connectivity index (χ3n) is 3.96. The van der Waals surface area contributed by atoms with Crippen LogP contribution in [0.4, 0.5) is 0 Å². The molecule has 3 aromatic rings. The molecular formula is C17H19N3. The van der Waals surface area contributed by atoms with Crippen molar-refractivity contribution in [3.8, 4) is 0 Å². The van der Waals surface area contributed by atoms with Gasteiger partial charge < -0.3 is 5.73 Å². The van der Waals surface area contributed by atoms with Gasteiger partial charge in [0.2, 0.25) is 0 Å². The number of imidazole rings is 1. The van der Waals surface area contributed by atoms with Gasteiger partial charge in [-0.25, -0.2) is 4.98 Å². The summed E-state index contributed by atoms with van der Waals surface area (Å²) in [6, 6.07) is 12.3. The van der Waals surface area contributed by atoms with Crippen LogP contribution in [0, 0.1) is 20.8 Å². The first kappa shape index (κ1) is 12.9. The Morgan fingerprint density at radius 1 is 1.05 bits per heavy atom. The van der Waals surface area contributed by atoms with Gasteiger partial charge in [0.1, 0.15) is 5.65 Å². The lowest BCUT2D eigenvalue weighted by Crippen LogP contribution is -2.15. The molecule has 1 aromatic carbocycles. The number of benzene rings is 1. The lowest BCUT2D eigenvalue weighted by atomic mass is 10.00. The summed E-state index contributed by atoms with van der Waals surface area (Å²) in [6.07, 6.45) is 1.88. The Bertz CT molecular complexity index is 771. The monoisotopic (exact) mass is 265 g/mol. The molecule has 0 bridgehead atoms. The summed E-state index contributed by atoms with van der Waals surface area (Å²) in [5, 5.41) is 0. The molecule has 3 nitrogen and oxygen atoms in total. The molecule has 0 saturated heterocycles. The van der Waals surface area contributed by atoms with Crippen LogP contribution in [-0.2, 0) is 0 Å². The quantitative estimate of drug-likeness (QED) is 0.772. The third-order valence-corrected chi connectivity index (χ3v) is 3.96. The van der Waals surface area contributed by atoms with E-state index in [2.05, 4.69) is 54.4 Å². The van der Waals surface area contributed by atoms with E-state index in [1.807, 2.05) is 18.3 Å². The standard InChI is InChI=1S/C17H19N3/c1-11-7-8-14(9-12(11)2)17(18)15-10-19-16-6-4-5-13(3)20(15)16/h4-10,17H,18H2,1-3H3. The Labute approximate surface area is 119 Å². The van der Waals surface area contributed by atoms with Crippen molar-refractivity contribution in [2.75, 3.05) is 0 Å². The smallest absolute Gasteiger partial charge is 0.137 e. The highest BCUT2D eigenvalue weighted by molar-refractivity contribution is 5.45. The van der Waals surface area contributed by atoms with Crippen molar-refractivity contribution < 1.29 is 0 Å². The lowest BCUT2D eigenvalue weighted by molar-refractivity contribution is 0.804. The van der Waals surface area contributed by atoms with Gasteiger partial charge in [-0.15, -0.1) is 0 Å². The van der Waals surface area contributed by atoms with Crippen molar-refractivity contribution >= 4 is 5.65 Å². The zero-order valence-electron chi connectivity index (χ0n) is 12.1. The molecule has 0 spiro atoms. The van der Waals surface area contributed by atoms with Gasteiger partial charge in [0.15, 0.2) is 0 Å². The number of hydrogen-bond donors (Lipinski definition) is 1. The van der Waals surface area contributed by atoms with Gasteiger partial charge in [0.25, 0.3) is 0 Å². The summed E-state index contributed by atoms with van der Waals surface area (Å²) in [4.78, 5) is 4.45. The Morgan fingerprint density at radius 3 is 2.60 bits per heavy atom. The van der Waals surface area contributed by atoms with E-state index in [9.17, 15) is 0 Å². The highest BCUT2D eigenvalue weighted by Gasteiger charge is 2.15. The van der Waals surface area contributed by atoms with Crippen molar-refractivity contribution in [3.05, 3.63) is 70.7 Å². The number of pyridine rings is 1. The number of aryl methyl sites for hydroxylation is 3. The van der Waals surface area contributed by atoms with E-state index in [1.165, 1.54) is 11.1 Å². The fourth-order valence-electron chi connectivity index (χ4n) is 2.58. The first-order chi connectivity index (χ1) is 9.58. The molecule has 3 heteroatoms. The summed E-state index contributed by atoms with van der Waals surface area (Å²) in [5.41, 5.74) is 13.3. The third kappa shape index (κ3) is 2.00. The first-order valence-electron chi connectivity index (χ1n) is 6.83. The van der Waals surface area contributed by atoms with Crippen molar-refractivity contribution in [3.63, 3.8) is 0 Å². The van der Waals surface area contributed by atoms with E-state index in [-0.39, 0.29) is 6.04 Å². The maximum atomic E-state index is 6.45. The molecule has 102 valence electrons. The maximum absolute atomic E-state index is 6.45. The van der Waals surface area contributed by atoms with Crippen LogP contribution in [0.25, 0.3) is 5.65 Å². The number of nitrogens with zero attached hydrogens (tertiary/aromatic N) is 2. The summed E-state index contributed by atoms with van der Waals surface area (Å²) in [6.45, 7) is 6.31. The van der Waals surface area contributed by atoms with E-state index in [0.29, 0.717) is 0 Å². The number of aromatic nitrogens is 2. The molecule has 0 radical (unpaired) electrons. The first-order valence-corrected chi connectivity index (χ1v) is 6.83. The summed E-state index contributed by atoms with van der Waals surface area (Å²) in [5.74, 6) is 0. The molecule has 1 unspecified atom stereocenters. The molecule has 3 rings (SSSR count). The Balaban J connectivity index is 2.12. The second-order valence-corrected chi connectivity index (χ2v) is 5.37. The van der Waals surface area contributed by atoms with E-state index in [0.717, 1.165) is 22.6 Å². The second-order valence-electron chi connectivity index (χ2n) is 5.37. The Hall–Kier alpha value is -2.13. The largest absolute Gasteiger partial charge is 0.319 e. The SMILES string of the molecule is Cc1ccc(C(N)c2cnc3cccc(C)n23)cc1C. The highest BCUT2D eigenvalue weighted by Crippen LogP contribution is 2.23. The van der Waals surface area contributed by atoms with Gasteiger partial charge >= 0.3 is 0 Å². The molecule has 1 atom stereocenters. The fraction of sp³-hybridized carbons (Fsp3) is 0.235. The van der Waals surface area contributed by atoms with Crippen LogP contribution in [0.2, 0.25) is 0 Å². The number of nitrogens with two attached hydrogens (primary N) is 1. The predicted octanol–water partition coefficient (Wildman–Crippen LogP) is 3.31. The molecule has 2 heterocycles. The van der Waals surface area contributed by atoms with E-state index in [1.54, 1.807) is 0 Å². The molecular weight excluding hydrogens is 246 g/mol. The van der Waals surface area contributed by atoms with Crippen LogP contribution >= 0.6 is 0 Å². The molecule has 0 saturated carbocycles. The van der Waals surface area contributed by atoms with E-state index in [4.69, 9.17) is 5.73 Å². The van der Waals surface area contributed by atoms with Crippen LogP contribution in [0.1, 0.15) is 34.1 Å². The fourth-order valence-corrected chi connectivity index (χ4v) is 2.58. The molecule has 2 N–H and O–H groups in total. The topological polar surface area (TPSA) is 43.3 Å². The van der Waals surface area contributed by atoms with Crippen molar-refractivity contribution in [1.82, 2.24) is 9.38 Å². The van der Waals surface area contributed by atoms with E-state index < -0.39 is 0 Å². The Kier molecular flexibility index (Phi) is 3.07. The minimum Gasteiger partial charge on any atom is -0.319 e. The molecule has 0 amide bonds. The van der Waals surface area contributed by atoms with Crippen LogP contribution in [0.5, 0.6) is 0 Å². The molecule has 0 aliphatic heterocycles. The van der Waals surface area contributed by atoms with Crippen LogP contribution < -0.4 is 5.73 Å². The normalized spacial score (nSPS) is 12.8. The summed E-state index contributed by atoms with van der Waals surface area (Å²) < 4.78 is 2.12. The molecule has 0 fully saturated rings. The zero-order valence-corrected chi connectivity index (χ0v) is 12.1. The minimum absolute atomic E-state index is 0.162. The number of fused-ring (bicyclic) bond motifs is 1.